The summed E-state index contributed by atoms with van der Waals surface area (Å²) in [7, 11) is 0. The molecule has 0 radical (unpaired) electrons. The zero-order valence-electron chi connectivity index (χ0n) is 24.7. The minimum absolute atomic E-state index is 0.0368. The Kier molecular flexibility index (Phi) is 11.8. The maximum Gasteiger partial charge on any atom is 0.289 e. The lowest BCUT2D eigenvalue weighted by Crippen LogP contribution is -2.57. The first-order valence-electron chi connectivity index (χ1n) is 14.0. The number of carbonyl (C=O) groups is 6. The van der Waals surface area contributed by atoms with Crippen molar-refractivity contribution in [1.29, 1.82) is 0 Å². The van der Waals surface area contributed by atoms with Crippen molar-refractivity contribution in [3.63, 3.8) is 0 Å². The van der Waals surface area contributed by atoms with Gasteiger partial charge in [0.1, 0.15) is 12.1 Å². The van der Waals surface area contributed by atoms with Crippen LogP contribution < -0.4 is 27.0 Å². The predicted molar refractivity (Wildman–Crippen MR) is 162 cm³/mol. The van der Waals surface area contributed by atoms with Crippen molar-refractivity contribution < 1.29 is 28.8 Å². The standard InChI is InChI=1S/C32H36N6O6/c1-19(2)26(27(39)32(44)35-18-22-10-7-11-24(16-22)28(33)40)38-29(41)20(3)36-31(43)25(17-21-8-5-4-6-9-21)37-30(42)23-12-14-34-15-13-23/h4-16,19-20,25-26H,17-18H2,1-3H3,(H2,33,40)(H,35,44)(H,36,43)(H,37,42)(H,38,41)/t20-,25-,26-/m0/s1. The normalized spacial score (nSPS) is 12.7. The van der Waals surface area contributed by atoms with E-state index in [0.29, 0.717) is 11.1 Å². The summed E-state index contributed by atoms with van der Waals surface area (Å²) in [6.07, 6.45) is 3.08. The molecule has 3 rings (SSSR count). The van der Waals surface area contributed by atoms with Crippen LogP contribution in [0.5, 0.6) is 0 Å². The van der Waals surface area contributed by atoms with E-state index in [2.05, 4.69) is 26.3 Å². The number of pyridine rings is 1. The highest BCUT2D eigenvalue weighted by Gasteiger charge is 2.32. The van der Waals surface area contributed by atoms with Crippen LogP contribution in [0.15, 0.2) is 79.1 Å². The van der Waals surface area contributed by atoms with Crippen molar-refractivity contribution in [3.8, 4) is 0 Å². The largest absolute Gasteiger partial charge is 0.366 e. The Morgan fingerprint density at radius 1 is 0.750 bits per heavy atom. The molecule has 0 unspecified atom stereocenters. The molecule has 230 valence electrons. The van der Waals surface area contributed by atoms with Gasteiger partial charge < -0.3 is 27.0 Å². The molecule has 0 aliphatic rings. The number of hydrogen-bond acceptors (Lipinski definition) is 7. The molecule has 12 heteroatoms. The van der Waals surface area contributed by atoms with E-state index in [1.807, 2.05) is 30.3 Å². The number of amides is 5. The number of aromatic nitrogens is 1. The second kappa shape index (κ2) is 15.7. The minimum atomic E-state index is -1.18. The molecule has 5 amide bonds. The Labute approximate surface area is 255 Å². The van der Waals surface area contributed by atoms with E-state index in [0.717, 1.165) is 5.56 Å². The molecule has 6 N–H and O–H groups in total. The van der Waals surface area contributed by atoms with Crippen molar-refractivity contribution in [2.45, 2.75) is 51.9 Å². The third-order valence-corrected chi connectivity index (χ3v) is 6.73. The molecule has 0 saturated heterocycles. The first-order valence-corrected chi connectivity index (χ1v) is 14.0. The van der Waals surface area contributed by atoms with Crippen LogP contribution in [-0.2, 0) is 32.1 Å². The Morgan fingerprint density at radius 2 is 1.41 bits per heavy atom. The maximum absolute atomic E-state index is 13.3. The predicted octanol–water partition coefficient (Wildman–Crippen LogP) is 1.05. The average molecular weight is 601 g/mol. The van der Waals surface area contributed by atoms with Crippen LogP contribution in [-0.4, -0.2) is 58.4 Å². The third kappa shape index (κ3) is 9.58. The number of primary amides is 1. The highest BCUT2D eigenvalue weighted by molar-refractivity contribution is 6.38. The second-order valence-electron chi connectivity index (χ2n) is 10.5. The van der Waals surface area contributed by atoms with Gasteiger partial charge in [-0.15, -0.1) is 0 Å². The number of rotatable bonds is 14. The number of nitrogens with two attached hydrogens (primary N) is 1. The first-order chi connectivity index (χ1) is 21.0. The van der Waals surface area contributed by atoms with Gasteiger partial charge in [0.2, 0.25) is 23.5 Å². The zero-order valence-corrected chi connectivity index (χ0v) is 24.7. The Morgan fingerprint density at radius 3 is 2.05 bits per heavy atom. The van der Waals surface area contributed by atoms with E-state index >= 15 is 0 Å². The fourth-order valence-electron chi connectivity index (χ4n) is 4.24. The van der Waals surface area contributed by atoms with E-state index in [1.54, 1.807) is 26.0 Å². The maximum atomic E-state index is 13.3. The van der Waals surface area contributed by atoms with Crippen molar-refractivity contribution in [2.75, 3.05) is 0 Å². The average Bonchev–Trinajstić information content (AvgIpc) is 3.02. The fourth-order valence-corrected chi connectivity index (χ4v) is 4.24. The van der Waals surface area contributed by atoms with Crippen molar-refractivity contribution in [1.82, 2.24) is 26.3 Å². The molecule has 1 heterocycles. The van der Waals surface area contributed by atoms with Crippen LogP contribution in [0.4, 0.5) is 0 Å². The summed E-state index contributed by atoms with van der Waals surface area (Å²) in [4.78, 5) is 80.2. The van der Waals surface area contributed by atoms with Crippen LogP contribution in [0.2, 0.25) is 0 Å². The Bertz CT molecular complexity index is 1500. The third-order valence-electron chi connectivity index (χ3n) is 6.73. The summed E-state index contributed by atoms with van der Waals surface area (Å²) in [5, 5.41) is 10.4. The molecule has 3 aromatic rings. The molecule has 12 nitrogen and oxygen atoms in total. The number of nitrogens with zero attached hydrogens (tertiary/aromatic N) is 1. The first kappa shape index (κ1) is 33.1. The molecule has 0 aliphatic heterocycles. The summed E-state index contributed by atoms with van der Waals surface area (Å²) in [6, 6.07) is 15.1. The van der Waals surface area contributed by atoms with E-state index in [-0.39, 0.29) is 18.5 Å². The quantitative estimate of drug-likeness (QED) is 0.171. The number of ketones is 1. The van der Waals surface area contributed by atoms with Crippen molar-refractivity contribution in [3.05, 3.63) is 101 Å². The van der Waals surface area contributed by atoms with Gasteiger partial charge in [-0.25, -0.2) is 0 Å². The van der Waals surface area contributed by atoms with Crippen LogP contribution >= 0.6 is 0 Å². The van der Waals surface area contributed by atoms with Gasteiger partial charge in [-0.2, -0.15) is 0 Å². The molecule has 3 atom stereocenters. The van der Waals surface area contributed by atoms with Crippen LogP contribution in [0.25, 0.3) is 0 Å². The number of nitrogens with one attached hydrogen (secondary N) is 4. The SMILES string of the molecule is CC(C)[C@H](NC(=O)[C@H](C)NC(=O)[C@H](Cc1ccccc1)NC(=O)c1ccncc1)C(=O)C(=O)NCc1cccc(C(N)=O)c1. The summed E-state index contributed by atoms with van der Waals surface area (Å²) in [6.45, 7) is 4.73. The van der Waals surface area contributed by atoms with Gasteiger partial charge in [-0.3, -0.25) is 33.8 Å². The van der Waals surface area contributed by atoms with Gasteiger partial charge in [0, 0.05) is 36.5 Å². The zero-order chi connectivity index (χ0) is 32.2. The molecule has 1 aromatic heterocycles. The summed E-state index contributed by atoms with van der Waals surface area (Å²) in [5.41, 5.74) is 7.21. The lowest BCUT2D eigenvalue weighted by atomic mass is 9.98. The Hall–Kier alpha value is -5.39. The number of benzene rings is 2. The van der Waals surface area contributed by atoms with Gasteiger partial charge in [0.15, 0.2) is 0 Å². The summed E-state index contributed by atoms with van der Waals surface area (Å²) in [5.74, 6) is -4.66. The molecule has 44 heavy (non-hydrogen) atoms. The number of carbonyl (C=O) groups excluding carboxylic acids is 6. The van der Waals surface area contributed by atoms with Crippen LogP contribution in [0.1, 0.15) is 52.6 Å². The van der Waals surface area contributed by atoms with Crippen LogP contribution in [0.3, 0.4) is 0 Å². The summed E-state index contributed by atoms with van der Waals surface area (Å²) < 4.78 is 0. The molecule has 0 bridgehead atoms. The van der Waals surface area contributed by atoms with E-state index in [1.165, 1.54) is 43.6 Å². The number of Topliss-reactive ketones (excluding diaryl/α,β-unsaturated/α-hetero) is 1. The monoisotopic (exact) mass is 600 g/mol. The van der Waals surface area contributed by atoms with E-state index in [9.17, 15) is 28.8 Å². The van der Waals surface area contributed by atoms with Crippen molar-refractivity contribution in [2.24, 2.45) is 11.7 Å². The molecule has 0 fully saturated rings. The fraction of sp³-hybridized carbons (Fsp3) is 0.281. The second-order valence-corrected chi connectivity index (χ2v) is 10.5. The van der Waals surface area contributed by atoms with E-state index < -0.39 is 59.4 Å². The van der Waals surface area contributed by atoms with Gasteiger partial charge in [-0.05, 0) is 48.2 Å². The van der Waals surface area contributed by atoms with Gasteiger partial charge in [0.25, 0.3) is 11.8 Å². The highest BCUT2D eigenvalue weighted by Crippen LogP contribution is 2.09. The number of hydrogen-bond donors (Lipinski definition) is 5. The molecule has 2 aromatic carbocycles. The lowest BCUT2D eigenvalue weighted by Gasteiger charge is -2.25. The Balaban J connectivity index is 1.64. The van der Waals surface area contributed by atoms with E-state index in [4.69, 9.17) is 5.73 Å². The van der Waals surface area contributed by atoms with Crippen molar-refractivity contribution >= 4 is 35.3 Å². The van der Waals surface area contributed by atoms with Gasteiger partial charge in [0.05, 0.1) is 6.04 Å². The summed E-state index contributed by atoms with van der Waals surface area (Å²) >= 11 is 0. The smallest absolute Gasteiger partial charge is 0.289 e. The van der Waals surface area contributed by atoms with Gasteiger partial charge >= 0.3 is 0 Å². The molecule has 0 aliphatic carbocycles. The highest BCUT2D eigenvalue weighted by atomic mass is 16.2. The lowest BCUT2D eigenvalue weighted by molar-refractivity contribution is -0.141. The van der Waals surface area contributed by atoms with Crippen LogP contribution in [0, 0.1) is 5.92 Å². The van der Waals surface area contributed by atoms with Gasteiger partial charge in [-0.1, -0.05) is 56.3 Å². The molecular formula is C32H36N6O6. The topological polar surface area (TPSA) is 189 Å². The molecular weight excluding hydrogens is 564 g/mol. The molecule has 0 saturated carbocycles. The minimum Gasteiger partial charge on any atom is -0.366 e. The molecule has 0 spiro atoms.